The van der Waals surface area contributed by atoms with E-state index in [9.17, 15) is 14.4 Å². The van der Waals surface area contributed by atoms with Crippen LogP contribution in [-0.2, 0) is 9.59 Å². The van der Waals surface area contributed by atoms with Gasteiger partial charge in [0.25, 0.3) is 5.91 Å². The smallest absolute Gasteiger partial charge is 0.255 e. The van der Waals surface area contributed by atoms with Gasteiger partial charge in [0.2, 0.25) is 11.8 Å². The number of hydrogen-bond acceptors (Lipinski definition) is 3. The van der Waals surface area contributed by atoms with Crippen molar-refractivity contribution in [1.82, 2.24) is 14.4 Å². The molecule has 3 heterocycles. The van der Waals surface area contributed by atoms with Crippen molar-refractivity contribution in [2.24, 2.45) is 5.41 Å². The van der Waals surface area contributed by atoms with Crippen molar-refractivity contribution >= 4 is 41.1 Å². The van der Waals surface area contributed by atoms with E-state index in [1.54, 1.807) is 30.4 Å². The molecule has 3 amide bonds. The largest absolute Gasteiger partial charge is 0.339 e. The summed E-state index contributed by atoms with van der Waals surface area (Å²) in [7, 11) is 0. The van der Waals surface area contributed by atoms with Gasteiger partial charge in [0, 0.05) is 62.3 Å². The molecule has 5 rings (SSSR count). The lowest BCUT2D eigenvalue weighted by Crippen LogP contribution is -2.44. The van der Waals surface area contributed by atoms with Crippen molar-refractivity contribution in [3.8, 4) is 5.69 Å². The first-order chi connectivity index (χ1) is 18.3. The van der Waals surface area contributed by atoms with Crippen LogP contribution in [0.4, 0.5) is 5.69 Å². The standard InChI is InChI=1S/C30H31ClN4O3/c1-22(36)32-26-20-24(31)10-8-23(26)9-11-28(37)35-19-14-30(21-35)12-17-34(18-13-30)29(38)25-6-2-3-7-27(25)33-15-4-5-16-33/h2-11,15-16,20H,12-14,17-19,21H2,1H3,(H,32,36). The van der Waals surface area contributed by atoms with Gasteiger partial charge in [-0.3, -0.25) is 14.4 Å². The average Bonchev–Trinajstić information content (AvgIpc) is 3.59. The zero-order valence-electron chi connectivity index (χ0n) is 21.4. The molecule has 1 N–H and O–H groups in total. The molecule has 8 heteroatoms. The normalized spacial score (nSPS) is 16.8. The number of anilines is 1. The Morgan fingerprint density at radius 1 is 0.921 bits per heavy atom. The fourth-order valence-electron chi connectivity index (χ4n) is 5.50. The second-order valence-electron chi connectivity index (χ2n) is 10.2. The number of halogens is 1. The second-order valence-corrected chi connectivity index (χ2v) is 10.6. The maximum Gasteiger partial charge on any atom is 0.255 e. The highest BCUT2D eigenvalue weighted by Gasteiger charge is 2.42. The van der Waals surface area contributed by atoms with Gasteiger partial charge in [0.1, 0.15) is 0 Å². The van der Waals surface area contributed by atoms with Gasteiger partial charge in [-0.2, -0.15) is 0 Å². The second kappa shape index (κ2) is 10.9. The number of rotatable bonds is 5. The number of carbonyl (C=O) groups is 3. The summed E-state index contributed by atoms with van der Waals surface area (Å²) in [5.74, 6) is -0.200. The van der Waals surface area contributed by atoms with Crippen LogP contribution in [0.2, 0.25) is 5.02 Å². The Labute approximate surface area is 227 Å². The molecule has 2 fully saturated rings. The summed E-state index contributed by atoms with van der Waals surface area (Å²) >= 11 is 6.07. The molecule has 3 aromatic rings. The zero-order valence-corrected chi connectivity index (χ0v) is 22.2. The van der Waals surface area contributed by atoms with Crippen LogP contribution in [0.15, 0.2) is 73.1 Å². The number of piperidine rings is 1. The fourth-order valence-corrected chi connectivity index (χ4v) is 5.67. The van der Waals surface area contributed by atoms with Crippen LogP contribution in [-0.4, -0.2) is 58.3 Å². The molecule has 38 heavy (non-hydrogen) atoms. The molecule has 2 aliphatic rings. The van der Waals surface area contributed by atoms with E-state index < -0.39 is 0 Å². The number of nitrogens with zero attached hydrogens (tertiary/aromatic N) is 3. The van der Waals surface area contributed by atoms with Crippen LogP contribution in [0, 0.1) is 5.41 Å². The molecule has 0 aliphatic carbocycles. The van der Waals surface area contributed by atoms with Crippen molar-refractivity contribution in [2.75, 3.05) is 31.5 Å². The van der Waals surface area contributed by atoms with Crippen LogP contribution in [0.1, 0.15) is 42.1 Å². The van der Waals surface area contributed by atoms with E-state index >= 15 is 0 Å². The van der Waals surface area contributed by atoms with Gasteiger partial charge in [-0.1, -0.05) is 29.8 Å². The Balaban J connectivity index is 1.21. The molecule has 1 aromatic heterocycles. The number of nitrogens with one attached hydrogen (secondary N) is 1. The molecular weight excluding hydrogens is 500 g/mol. The van der Waals surface area contributed by atoms with Gasteiger partial charge < -0.3 is 19.7 Å². The van der Waals surface area contributed by atoms with Crippen molar-refractivity contribution in [3.05, 3.63) is 89.2 Å². The first-order valence-electron chi connectivity index (χ1n) is 12.9. The molecule has 1 spiro atoms. The topological polar surface area (TPSA) is 74.7 Å². The van der Waals surface area contributed by atoms with Crippen LogP contribution >= 0.6 is 11.6 Å². The SMILES string of the molecule is CC(=O)Nc1cc(Cl)ccc1C=CC(=O)N1CCC2(CCN(C(=O)c3ccccc3-n3cccc3)CC2)C1. The molecule has 0 atom stereocenters. The maximum atomic E-state index is 13.4. The minimum Gasteiger partial charge on any atom is -0.339 e. The summed E-state index contributed by atoms with van der Waals surface area (Å²) in [5, 5.41) is 3.27. The Kier molecular flexibility index (Phi) is 7.38. The molecule has 0 unspecified atom stereocenters. The highest BCUT2D eigenvalue weighted by molar-refractivity contribution is 6.31. The molecule has 0 bridgehead atoms. The van der Waals surface area contributed by atoms with Gasteiger partial charge in [0.15, 0.2) is 0 Å². The van der Waals surface area contributed by atoms with E-state index in [4.69, 9.17) is 11.6 Å². The van der Waals surface area contributed by atoms with Crippen molar-refractivity contribution in [1.29, 1.82) is 0 Å². The lowest BCUT2D eigenvalue weighted by Gasteiger charge is -2.39. The summed E-state index contributed by atoms with van der Waals surface area (Å²) in [6, 6.07) is 16.8. The van der Waals surface area contributed by atoms with Gasteiger partial charge in [-0.25, -0.2) is 0 Å². The van der Waals surface area contributed by atoms with E-state index in [-0.39, 0.29) is 23.1 Å². The zero-order chi connectivity index (χ0) is 26.7. The third kappa shape index (κ3) is 5.53. The number of likely N-dealkylation sites (tertiary alicyclic amines) is 2. The van der Waals surface area contributed by atoms with E-state index in [1.807, 2.05) is 63.2 Å². The molecule has 0 saturated carbocycles. The summed E-state index contributed by atoms with van der Waals surface area (Å²) in [4.78, 5) is 41.8. The number of amides is 3. The molecule has 2 saturated heterocycles. The number of aromatic nitrogens is 1. The van der Waals surface area contributed by atoms with Crippen molar-refractivity contribution in [3.63, 3.8) is 0 Å². The summed E-state index contributed by atoms with van der Waals surface area (Å²) in [5.41, 5.74) is 2.92. The van der Waals surface area contributed by atoms with Gasteiger partial charge in [-0.05, 0) is 72.7 Å². The predicted molar refractivity (Wildman–Crippen MR) is 149 cm³/mol. The highest BCUT2D eigenvalue weighted by Crippen LogP contribution is 2.41. The third-order valence-corrected chi connectivity index (χ3v) is 7.84. The quantitative estimate of drug-likeness (QED) is 0.457. The monoisotopic (exact) mass is 530 g/mol. The molecule has 0 radical (unpaired) electrons. The average molecular weight is 531 g/mol. The number of para-hydroxylation sites is 1. The summed E-state index contributed by atoms with van der Waals surface area (Å²) < 4.78 is 1.97. The van der Waals surface area contributed by atoms with Crippen molar-refractivity contribution < 1.29 is 14.4 Å². The lowest BCUT2D eigenvalue weighted by molar-refractivity contribution is -0.125. The van der Waals surface area contributed by atoms with E-state index in [1.165, 1.54) is 6.92 Å². The first-order valence-corrected chi connectivity index (χ1v) is 13.3. The molecule has 2 aromatic carbocycles. The van der Waals surface area contributed by atoms with Crippen LogP contribution < -0.4 is 5.32 Å². The van der Waals surface area contributed by atoms with Gasteiger partial charge in [0.05, 0.1) is 11.3 Å². The fraction of sp³-hybridized carbons (Fsp3) is 0.300. The predicted octanol–water partition coefficient (Wildman–Crippen LogP) is 5.26. The Hall–Kier alpha value is -3.84. The minimum atomic E-state index is -0.201. The highest BCUT2D eigenvalue weighted by atomic mass is 35.5. The minimum absolute atomic E-state index is 0.0435. The molecular formula is C30H31ClN4O3. The van der Waals surface area contributed by atoms with E-state index in [0.29, 0.717) is 42.5 Å². The lowest BCUT2D eigenvalue weighted by atomic mass is 9.77. The number of benzene rings is 2. The Morgan fingerprint density at radius 2 is 1.61 bits per heavy atom. The van der Waals surface area contributed by atoms with E-state index in [0.717, 1.165) is 30.5 Å². The van der Waals surface area contributed by atoms with E-state index in [2.05, 4.69) is 5.32 Å². The summed E-state index contributed by atoms with van der Waals surface area (Å²) in [6.07, 6.45) is 9.87. The van der Waals surface area contributed by atoms with Crippen LogP contribution in [0.25, 0.3) is 11.8 Å². The Morgan fingerprint density at radius 3 is 2.32 bits per heavy atom. The number of hydrogen-bond donors (Lipinski definition) is 1. The van der Waals surface area contributed by atoms with Crippen LogP contribution in [0.3, 0.4) is 0 Å². The summed E-state index contributed by atoms with van der Waals surface area (Å²) in [6.45, 7) is 4.19. The van der Waals surface area contributed by atoms with Gasteiger partial charge >= 0.3 is 0 Å². The van der Waals surface area contributed by atoms with Crippen molar-refractivity contribution in [2.45, 2.75) is 26.2 Å². The third-order valence-electron chi connectivity index (χ3n) is 7.61. The first kappa shape index (κ1) is 25.8. The molecule has 7 nitrogen and oxygen atoms in total. The molecule has 2 aliphatic heterocycles. The molecule has 196 valence electrons. The van der Waals surface area contributed by atoms with Crippen LogP contribution in [0.5, 0.6) is 0 Å². The Bertz CT molecular complexity index is 1370. The van der Waals surface area contributed by atoms with Gasteiger partial charge in [-0.15, -0.1) is 0 Å². The number of carbonyl (C=O) groups excluding carboxylic acids is 3. The maximum absolute atomic E-state index is 13.4.